The van der Waals surface area contributed by atoms with Gasteiger partial charge in [0.2, 0.25) is 0 Å². The molecule has 0 radical (unpaired) electrons. The highest BCUT2D eigenvalue weighted by molar-refractivity contribution is 6.14. The van der Waals surface area contributed by atoms with Gasteiger partial charge in [-0.1, -0.05) is 17.7 Å². The number of carbonyl (C=O) groups excluding carboxylic acids is 2. The van der Waals surface area contributed by atoms with Crippen molar-refractivity contribution in [3.63, 3.8) is 0 Å². The molecule has 0 saturated carbocycles. The highest BCUT2D eigenvalue weighted by atomic mass is 16.5. The Balaban J connectivity index is 1.56. The van der Waals surface area contributed by atoms with Crippen molar-refractivity contribution in [2.24, 2.45) is 5.92 Å². The summed E-state index contributed by atoms with van der Waals surface area (Å²) in [5.74, 6) is 0.249. The Bertz CT molecular complexity index is 960. The van der Waals surface area contributed by atoms with Gasteiger partial charge in [-0.3, -0.25) is 9.59 Å². The quantitative estimate of drug-likeness (QED) is 0.546. The van der Waals surface area contributed by atoms with Gasteiger partial charge in [-0.05, 0) is 56.0 Å². The van der Waals surface area contributed by atoms with E-state index in [-0.39, 0.29) is 11.8 Å². The third kappa shape index (κ3) is 5.73. The topological polar surface area (TPSA) is 94.5 Å². The van der Waals surface area contributed by atoms with E-state index >= 15 is 0 Å². The molecule has 1 aromatic carbocycles. The number of nitrogens with zero attached hydrogens (tertiary/aromatic N) is 1. The zero-order chi connectivity index (χ0) is 23.1. The van der Waals surface area contributed by atoms with Crippen LogP contribution in [0, 0.1) is 18.3 Å². The Morgan fingerprint density at radius 1 is 1.22 bits per heavy atom. The van der Waals surface area contributed by atoms with E-state index in [0.29, 0.717) is 49.0 Å². The summed E-state index contributed by atoms with van der Waals surface area (Å²) in [7, 11) is 1.59. The predicted molar refractivity (Wildman–Crippen MR) is 126 cm³/mol. The van der Waals surface area contributed by atoms with Crippen LogP contribution in [0.2, 0.25) is 0 Å². The third-order valence-electron chi connectivity index (χ3n) is 5.88. The Hall–Kier alpha value is -3.19. The molecule has 0 bridgehead atoms. The molecule has 7 nitrogen and oxygen atoms in total. The van der Waals surface area contributed by atoms with E-state index in [1.54, 1.807) is 19.3 Å². The van der Waals surface area contributed by atoms with Crippen LogP contribution in [0.25, 0.3) is 0 Å². The summed E-state index contributed by atoms with van der Waals surface area (Å²) in [5, 5.41) is 14.4. The van der Waals surface area contributed by atoms with Crippen molar-refractivity contribution in [2.75, 3.05) is 39.9 Å². The Kier molecular flexibility index (Phi) is 8.00. The summed E-state index contributed by atoms with van der Waals surface area (Å²) in [6, 6.07) is 7.69. The second-order valence-electron chi connectivity index (χ2n) is 8.27. The fourth-order valence-corrected chi connectivity index (χ4v) is 3.91. The van der Waals surface area contributed by atoms with Gasteiger partial charge >= 0.3 is 0 Å². The van der Waals surface area contributed by atoms with E-state index in [2.05, 4.69) is 10.6 Å². The largest absolute Gasteiger partial charge is 0.390 e. The Labute approximate surface area is 189 Å². The van der Waals surface area contributed by atoms with Gasteiger partial charge in [0.1, 0.15) is 0 Å². The first kappa shape index (κ1) is 23.5. The molecule has 7 heteroatoms. The maximum atomic E-state index is 12.7. The molecule has 3 rings (SSSR count). The minimum absolute atomic E-state index is 0.0768. The van der Waals surface area contributed by atoms with Gasteiger partial charge in [0.15, 0.2) is 0 Å². The molecular formula is C25H32N4O3. The number of amides is 2. The third-order valence-corrected chi connectivity index (χ3v) is 5.88. The van der Waals surface area contributed by atoms with E-state index in [9.17, 15) is 9.59 Å². The normalized spacial score (nSPS) is 19.6. The second-order valence-corrected chi connectivity index (χ2v) is 8.27. The van der Waals surface area contributed by atoms with E-state index in [0.717, 1.165) is 29.7 Å². The standard InChI is InChI=1S/C25H32N4O3/c1-17-4-6-20(7-5-17)25(31)29-12-10-19(16-29)14-27-15-22-18(2)21(8-9-23(22)26)24(30)28-11-13-32-3/h4-9,15,19,26-27H,10-14,16H2,1-3H3,(H,28,30)/b22-15-,26-23?. The Morgan fingerprint density at radius 3 is 2.69 bits per heavy atom. The highest BCUT2D eigenvalue weighted by Gasteiger charge is 2.27. The fraction of sp³-hybridized carbons (Fsp3) is 0.400. The lowest BCUT2D eigenvalue weighted by Gasteiger charge is -2.18. The van der Waals surface area contributed by atoms with Crippen molar-refractivity contribution in [2.45, 2.75) is 20.3 Å². The van der Waals surface area contributed by atoms with Crippen LogP contribution < -0.4 is 10.6 Å². The number of hydrogen-bond donors (Lipinski definition) is 3. The fourth-order valence-electron chi connectivity index (χ4n) is 3.91. The number of likely N-dealkylation sites (tertiary alicyclic amines) is 1. The van der Waals surface area contributed by atoms with E-state index in [4.69, 9.17) is 10.1 Å². The Morgan fingerprint density at radius 2 is 1.97 bits per heavy atom. The minimum atomic E-state index is -0.171. The van der Waals surface area contributed by atoms with Crippen molar-refractivity contribution in [3.05, 3.63) is 70.5 Å². The molecule has 1 aromatic rings. The summed E-state index contributed by atoms with van der Waals surface area (Å²) in [4.78, 5) is 27.0. The number of benzene rings is 1. The molecule has 1 aliphatic carbocycles. The van der Waals surface area contributed by atoms with Crippen LogP contribution in [0.5, 0.6) is 0 Å². The highest BCUT2D eigenvalue weighted by Crippen LogP contribution is 2.23. The van der Waals surface area contributed by atoms with Gasteiger partial charge in [-0.2, -0.15) is 0 Å². The average Bonchev–Trinajstić information content (AvgIpc) is 3.25. The van der Waals surface area contributed by atoms with Gasteiger partial charge in [0.25, 0.3) is 11.8 Å². The second kappa shape index (κ2) is 10.9. The average molecular weight is 437 g/mol. The van der Waals surface area contributed by atoms with Gasteiger partial charge in [0.05, 0.1) is 12.3 Å². The van der Waals surface area contributed by atoms with Gasteiger partial charge < -0.3 is 25.7 Å². The molecule has 1 atom stereocenters. The van der Waals surface area contributed by atoms with Crippen LogP contribution in [0.4, 0.5) is 0 Å². The molecule has 1 saturated heterocycles. The number of rotatable bonds is 8. The number of hydrogen-bond acceptors (Lipinski definition) is 5. The van der Waals surface area contributed by atoms with E-state index in [1.165, 1.54) is 0 Å². The smallest absolute Gasteiger partial charge is 0.253 e. The van der Waals surface area contributed by atoms with Gasteiger partial charge in [0, 0.05) is 56.2 Å². The number of methoxy groups -OCH3 is 1. The zero-order valence-corrected chi connectivity index (χ0v) is 19.0. The molecule has 2 amide bonds. The van der Waals surface area contributed by atoms with Crippen LogP contribution in [0.15, 0.2) is 59.3 Å². The van der Waals surface area contributed by atoms with Gasteiger partial charge in [-0.25, -0.2) is 0 Å². The molecule has 1 heterocycles. The predicted octanol–water partition coefficient (Wildman–Crippen LogP) is 2.60. The van der Waals surface area contributed by atoms with Crippen molar-refractivity contribution < 1.29 is 14.3 Å². The SMILES string of the molecule is COCCNC(=O)C1=C(C)/C(=C/NCC2CCN(C(=O)c3ccc(C)cc3)C2)C(=N)C=C1. The summed E-state index contributed by atoms with van der Waals surface area (Å²) >= 11 is 0. The monoisotopic (exact) mass is 436 g/mol. The first-order valence-electron chi connectivity index (χ1n) is 11.0. The molecule has 1 aliphatic heterocycles. The molecule has 3 N–H and O–H groups in total. The first-order valence-corrected chi connectivity index (χ1v) is 11.0. The number of carbonyl (C=O) groups is 2. The summed E-state index contributed by atoms with van der Waals surface area (Å²) in [5.41, 5.74) is 4.26. The van der Waals surface area contributed by atoms with Crippen molar-refractivity contribution in [3.8, 4) is 0 Å². The number of ether oxygens (including phenoxy) is 1. The van der Waals surface area contributed by atoms with Crippen LogP contribution >= 0.6 is 0 Å². The molecule has 32 heavy (non-hydrogen) atoms. The summed E-state index contributed by atoms with van der Waals surface area (Å²) < 4.78 is 4.97. The first-order chi connectivity index (χ1) is 15.4. The minimum Gasteiger partial charge on any atom is -0.390 e. The number of allylic oxidation sites excluding steroid dienone is 3. The van der Waals surface area contributed by atoms with Crippen LogP contribution in [0.3, 0.4) is 0 Å². The maximum absolute atomic E-state index is 12.7. The van der Waals surface area contributed by atoms with E-state index in [1.807, 2.05) is 49.2 Å². The van der Waals surface area contributed by atoms with Crippen molar-refractivity contribution in [1.82, 2.24) is 15.5 Å². The lowest BCUT2D eigenvalue weighted by Crippen LogP contribution is -2.30. The van der Waals surface area contributed by atoms with Crippen LogP contribution in [-0.2, 0) is 9.53 Å². The molecule has 1 unspecified atom stereocenters. The van der Waals surface area contributed by atoms with Crippen molar-refractivity contribution >= 4 is 17.5 Å². The van der Waals surface area contributed by atoms with E-state index < -0.39 is 0 Å². The van der Waals surface area contributed by atoms with Gasteiger partial charge in [-0.15, -0.1) is 0 Å². The summed E-state index contributed by atoms with van der Waals surface area (Å²) in [6.45, 7) is 6.92. The molecule has 0 aromatic heterocycles. The molecular weight excluding hydrogens is 404 g/mol. The molecule has 2 aliphatic rings. The molecule has 1 fully saturated rings. The summed E-state index contributed by atoms with van der Waals surface area (Å²) in [6.07, 6.45) is 6.08. The lowest BCUT2D eigenvalue weighted by molar-refractivity contribution is -0.117. The number of nitrogens with one attached hydrogen (secondary N) is 3. The molecule has 0 spiro atoms. The lowest BCUT2D eigenvalue weighted by atomic mass is 9.92. The molecule has 170 valence electrons. The van der Waals surface area contributed by atoms with Crippen molar-refractivity contribution in [1.29, 1.82) is 5.41 Å². The maximum Gasteiger partial charge on any atom is 0.253 e. The number of aryl methyl sites for hydroxylation is 1. The van der Waals surface area contributed by atoms with Crippen LogP contribution in [0.1, 0.15) is 29.3 Å². The zero-order valence-electron chi connectivity index (χ0n) is 19.0. The van der Waals surface area contributed by atoms with Crippen LogP contribution in [-0.4, -0.2) is 62.3 Å².